The van der Waals surface area contributed by atoms with Crippen LogP contribution in [0.1, 0.15) is 19.3 Å². The van der Waals surface area contributed by atoms with E-state index < -0.39 is 12.0 Å². The zero-order chi connectivity index (χ0) is 10.6. The predicted octanol–water partition coefficient (Wildman–Crippen LogP) is -0.113. The van der Waals surface area contributed by atoms with E-state index in [1.807, 2.05) is 0 Å². The number of rotatable bonds is 4. The van der Waals surface area contributed by atoms with E-state index in [9.17, 15) is 9.59 Å². The first-order valence-corrected chi connectivity index (χ1v) is 5.18. The summed E-state index contributed by atoms with van der Waals surface area (Å²) < 4.78 is 0. The number of nitrogens with one attached hydrogen (secondary N) is 1. The number of carbonyl (C=O) groups is 2. The number of carboxylic acid groups (broad SMARTS) is 1. The van der Waals surface area contributed by atoms with Crippen LogP contribution in [0.15, 0.2) is 0 Å². The molecular formula is C8H14N2O3S. The second-order valence-corrected chi connectivity index (χ2v) is 3.65. The van der Waals surface area contributed by atoms with Gasteiger partial charge in [-0.3, -0.25) is 15.0 Å². The number of hydrogen-bond acceptors (Lipinski definition) is 4. The zero-order valence-corrected chi connectivity index (χ0v) is 8.67. The summed E-state index contributed by atoms with van der Waals surface area (Å²) in [6.07, 6.45) is 1.71. The van der Waals surface area contributed by atoms with E-state index in [-0.39, 0.29) is 5.91 Å². The highest BCUT2D eigenvalue weighted by atomic mass is 32.1. The van der Waals surface area contributed by atoms with Crippen LogP contribution < -0.4 is 5.43 Å². The highest BCUT2D eigenvalue weighted by molar-refractivity contribution is 7.80. The Labute approximate surface area is 87.8 Å². The monoisotopic (exact) mass is 218 g/mol. The van der Waals surface area contributed by atoms with Crippen molar-refractivity contribution in [3.8, 4) is 0 Å². The second kappa shape index (κ2) is 5.21. The molecule has 0 radical (unpaired) electrons. The van der Waals surface area contributed by atoms with E-state index in [0.717, 1.165) is 6.42 Å². The van der Waals surface area contributed by atoms with Gasteiger partial charge < -0.3 is 5.11 Å². The lowest BCUT2D eigenvalue weighted by Gasteiger charge is -2.21. The summed E-state index contributed by atoms with van der Waals surface area (Å²) in [6.45, 7) is 0.606. The third kappa shape index (κ3) is 2.88. The van der Waals surface area contributed by atoms with Crippen molar-refractivity contribution in [2.24, 2.45) is 0 Å². The summed E-state index contributed by atoms with van der Waals surface area (Å²) in [5, 5.41) is 10.3. The third-order valence-electron chi connectivity index (χ3n) is 2.15. The summed E-state index contributed by atoms with van der Waals surface area (Å²) in [4.78, 5) is 21.9. The van der Waals surface area contributed by atoms with Crippen molar-refractivity contribution in [3.63, 3.8) is 0 Å². The molecule has 0 unspecified atom stereocenters. The minimum atomic E-state index is -0.881. The Morgan fingerprint density at radius 3 is 2.86 bits per heavy atom. The normalized spacial score (nSPS) is 22.2. The number of hydrogen-bond donors (Lipinski definition) is 3. The first-order chi connectivity index (χ1) is 6.65. The molecule has 0 aromatic rings. The molecule has 1 heterocycles. The van der Waals surface area contributed by atoms with Gasteiger partial charge in [-0.25, -0.2) is 5.01 Å². The maximum atomic E-state index is 11.2. The lowest BCUT2D eigenvalue weighted by molar-refractivity contribution is -0.144. The van der Waals surface area contributed by atoms with E-state index in [1.54, 1.807) is 0 Å². The molecule has 0 aromatic heterocycles. The minimum Gasteiger partial charge on any atom is -0.480 e. The number of amides is 1. The van der Waals surface area contributed by atoms with E-state index in [2.05, 4.69) is 18.1 Å². The molecule has 0 aliphatic carbocycles. The molecule has 14 heavy (non-hydrogen) atoms. The van der Waals surface area contributed by atoms with Gasteiger partial charge in [-0.15, -0.1) is 0 Å². The molecule has 1 aliphatic rings. The maximum absolute atomic E-state index is 11.2. The van der Waals surface area contributed by atoms with Crippen LogP contribution in [0.25, 0.3) is 0 Å². The molecule has 80 valence electrons. The standard InChI is InChI=1S/C8H14N2O3S/c11-7(3-5-14)9-10-4-1-2-6(10)8(12)13/h6,14H,1-5H2,(H,9,11)(H,12,13)/t6-/m0/s1. The molecule has 0 bridgehead atoms. The topological polar surface area (TPSA) is 69.6 Å². The van der Waals surface area contributed by atoms with E-state index in [0.29, 0.717) is 25.1 Å². The molecule has 6 heteroatoms. The zero-order valence-electron chi connectivity index (χ0n) is 7.77. The summed E-state index contributed by atoms with van der Waals surface area (Å²) in [6, 6.07) is -0.570. The van der Waals surface area contributed by atoms with Gasteiger partial charge in [0.05, 0.1) is 0 Å². The lowest BCUT2D eigenvalue weighted by Crippen LogP contribution is -2.48. The largest absolute Gasteiger partial charge is 0.480 e. The Morgan fingerprint density at radius 1 is 1.57 bits per heavy atom. The van der Waals surface area contributed by atoms with Crippen molar-refractivity contribution in [1.82, 2.24) is 10.4 Å². The Hall–Kier alpha value is -0.750. The Kier molecular flexibility index (Phi) is 4.21. The summed E-state index contributed by atoms with van der Waals surface area (Å²) >= 11 is 3.92. The van der Waals surface area contributed by atoms with Crippen LogP contribution in [-0.2, 0) is 9.59 Å². The molecule has 1 fully saturated rings. The molecule has 0 aromatic carbocycles. The second-order valence-electron chi connectivity index (χ2n) is 3.20. The van der Waals surface area contributed by atoms with Gasteiger partial charge in [-0.2, -0.15) is 12.6 Å². The molecule has 0 spiro atoms. The fourth-order valence-corrected chi connectivity index (χ4v) is 1.68. The van der Waals surface area contributed by atoms with Crippen LogP contribution in [-0.4, -0.2) is 40.3 Å². The number of hydrazine groups is 1. The molecule has 1 rings (SSSR count). The first-order valence-electron chi connectivity index (χ1n) is 4.55. The number of aliphatic carboxylic acids is 1. The van der Waals surface area contributed by atoms with Crippen molar-refractivity contribution in [3.05, 3.63) is 0 Å². The fourth-order valence-electron chi connectivity index (χ4n) is 1.47. The summed E-state index contributed by atoms with van der Waals surface area (Å²) in [7, 11) is 0. The van der Waals surface area contributed by atoms with Gasteiger partial charge in [0.1, 0.15) is 6.04 Å². The van der Waals surface area contributed by atoms with Crippen molar-refractivity contribution >= 4 is 24.5 Å². The van der Waals surface area contributed by atoms with Crippen LogP contribution in [0.2, 0.25) is 0 Å². The Bertz CT molecular complexity index is 235. The third-order valence-corrected chi connectivity index (χ3v) is 2.37. The number of nitrogens with zero attached hydrogens (tertiary/aromatic N) is 1. The van der Waals surface area contributed by atoms with Gasteiger partial charge in [0.15, 0.2) is 0 Å². The van der Waals surface area contributed by atoms with Crippen molar-refractivity contribution in [2.45, 2.75) is 25.3 Å². The van der Waals surface area contributed by atoms with Crippen LogP contribution in [0.5, 0.6) is 0 Å². The van der Waals surface area contributed by atoms with Crippen LogP contribution in [0, 0.1) is 0 Å². The van der Waals surface area contributed by atoms with E-state index in [4.69, 9.17) is 5.11 Å². The average molecular weight is 218 g/mol. The number of thiol groups is 1. The van der Waals surface area contributed by atoms with Gasteiger partial charge >= 0.3 is 5.97 Å². The van der Waals surface area contributed by atoms with Crippen LogP contribution >= 0.6 is 12.6 Å². The average Bonchev–Trinajstić information content (AvgIpc) is 2.52. The molecule has 1 atom stereocenters. The van der Waals surface area contributed by atoms with E-state index >= 15 is 0 Å². The van der Waals surface area contributed by atoms with Crippen LogP contribution in [0.4, 0.5) is 0 Å². The summed E-state index contributed by atoms with van der Waals surface area (Å²) in [5.41, 5.74) is 2.58. The fraction of sp³-hybridized carbons (Fsp3) is 0.750. The smallest absolute Gasteiger partial charge is 0.322 e. The first kappa shape index (κ1) is 11.3. The number of carbonyl (C=O) groups excluding carboxylic acids is 1. The quantitative estimate of drug-likeness (QED) is 0.576. The minimum absolute atomic E-state index is 0.173. The molecule has 1 saturated heterocycles. The van der Waals surface area contributed by atoms with Crippen molar-refractivity contribution in [2.75, 3.05) is 12.3 Å². The number of carboxylic acids is 1. The van der Waals surface area contributed by atoms with Crippen LogP contribution in [0.3, 0.4) is 0 Å². The van der Waals surface area contributed by atoms with E-state index in [1.165, 1.54) is 5.01 Å². The van der Waals surface area contributed by atoms with Gasteiger partial charge in [0, 0.05) is 13.0 Å². The van der Waals surface area contributed by atoms with Gasteiger partial charge in [-0.1, -0.05) is 0 Å². The van der Waals surface area contributed by atoms with Gasteiger partial charge in [0.2, 0.25) is 5.91 Å². The van der Waals surface area contributed by atoms with Gasteiger partial charge in [0.25, 0.3) is 0 Å². The molecule has 5 nitrogen and oxygen atoms in total. The molecule has 2 N–H and O–H groups in total. The SMILES string of the molecule is O=C(CCS)NN1CCC[C@H]1C(=O)O. The van der Waals surface area contributed by atoms with Gasteiger partial charge in [-0.05, 0) is 18.6 Å². The molecule has 0 saturated carbocycles. The highest BCUT2D eigenvalue weighted by Gasteiger charge is 2.31. The van der Waals surface area contributed by atoms with Crippen molar-refractivity contribution < 1.29 is 14.7 Å². The Balaban J connectivity index is 2.43. The predicted molar refractivity (Wildman–Crippen MR) is 54.0 cm³/mol. The molecular weight excluding hydrogens is 204 g/mol. The lowest BCUT2D eigenvalue weighted by atomic mass is 10.2. The Morgan fingerprint density at radius 2 is 2.29 bits per heavy atom. The molecule has 1 amide bonds. The molecule has 1 aliphatic heterocycles. The highest BCUT2D eigenvalue weighted by Crippen LogP contribution is 2.14. The maximum Gasteiger partial charge on any atom is 0.322 e. The van der Waals surface area contributed by atoms with Crippen molar-refractivity contribution in [1.29, 1.82) is 0 Å². The summed E-state index contributed by atoms with van der Waals surface area (Å²) in [5.74, 6) is -0.584.